The fourth-order valence-electron chi connectivity index (χ4n) is 3.75. The van der Waals surface area contributed by atoms with Crippen LogP contribution in [0.25, 0.3) is 10.9 Å². The highest BCUT2D eigenvalue weighted by Crippen LogP contribution is 2.18. The van der Waals surface area contributed by atoms with E-state index in [4.69, 9.17) is 17.0 Å². The summed E-state index contributed by atoms with van der Waals surface area (Å²) in [5.74, 6) is 0. The number of aromatic amines is 1. The molecule has 1 fully saturated rings. The number of para-hydroxylation sites is 1. The third-order valence-electron chi connectivity index (χ3n) is 5.39. The van der Waals surface area contributed by atoms with Gasteiger partial charge in [0.2, 0.25) is 0 Å². The highest BCUT2D eigenvalue weighted by Gasteiger charge is 2.22. The zero-order chi connectivity index (χ0) is 20.8. The van der Waals surface area contributed by atoms with Gasteiger partial charge in [-0.1, -0.05) is 18.2 Å². The number of hydrogen-bond donors (Lipinski definition) is 3. The van der Waals surface area contributed by atoms with Crippen LogP contribution in [-0.2, 0) is 11.3 Å². The summed E-state index contributed by atoms with van der Waals surface area (Å²) >= 11 is 5.69. The van der Waals surface area contributed by atoms with E-state index < -0.39 is 0 Å². The van der Waals surface area contributed by atoms with Crippen LogP contribution in [0, 0.1) is 6.92 Å². The molecule has 158 valence electrons. The second-order valence-corrected chi connectivity index (χ2v) is 8.61. The number of nitrogens with one attached hydrogen (secondary N) is 3. The summed E-state index contributed by atoms with van der Waals surface area (Å²) in [4.78, 5) is 19.3. The number of quaternary nitrogens is 1. The maximum Gasteiger partial charge on any atom is 0.253 e. The minimum atomic E-state index is -0.0526. The fraction of sp³-hybridized carbons (Fsp3) is 0.545. The summed E-state index contributed by atoms with van der Waals surface area (Å²) in [5.41, 5.74) is 2.65. The van der Waals surface area contributed by atoms with Gasteiger partial charge in [-0.25, -0.2) is 0 Å². The molecule has 1 aliphatic heterocycles. The van der Waals surface area contributed by atoms with E-state index >= 15 is 0 Å². The van der Waals surface area contributed by atoms with Crippen LogP contribution in [0.5, 0.6) is 0 Å². The predicted octanol–water partition coefficient (Wildman–Crippen LogP) is 1.23. The standard InChI is InChI=1S/C22H32N4O2S/c1-16-7-4-8-17-13-18(21(27)24-20(16)17)14-26(15-19-9-5-12-28-19)22(29)23-10-6-11-25(2)3/h4,7-8,13,19H,5-6,9-12,14-15H2,1-3H3,(H,23,29)(H,24,27)/p+1/t19-/m0/s1. The second-order valence-electron chi connectivity index (χ2n) is 8.22. The highest BCUT2D eigenvalue weighted by molar-refractivity contribution is 7.80. The van der Waals surface area contributed by atoms with E-state index in [1.54, 1.807) is 0 Å². The minimum Gasteiger partial charge on any atom is -0.376 e. The van der Waals surface area contributed by atoms with Crippen LogP contribution in [-0.4, -0.2) is 61.4 Å². The largest absolute Gasteiger partial charge is 0.376 e. The molecule has 2 aromatic rings. The van der Waals surface area contributed by atoms with E-state index in [1.807, 2.05) is 31.2 Å². The number of rotatable bonds is 8. The summed E-state index contributed by atoms with van der Waals surface area (Å²) < 4.78 is 5.83. The average Bonchev–Trinajstić information content (AvgIpc) is 3.19. The molecule has 0 spiro atoms. The molecule has 1 atom stereocenters. The van der Waals surface area contributed by atoms with Crippen molar-refractivity contribution in [2.75, 3.05) is 40.3 Å². The van der Waals surface area contributed by atoms with Crippen LogP contribution in [0.15, 0.2) is 29.1 Å². The van der Waals surface area contributed by atoms with Crippen LogP contribution < -0.4 is 15.8 Å². The van der Waals surface area contributed by atoms with Crippen molar-refractivity contribution in [2.24, 2.45) is 0 Å². The molecule has 0 amide bonds. The van der Waals surface area contributed by atoms with Crippen LogP contribution in [0.2, 0.25) is 0 Å². The average molecular weight is 418 g/mol. The van der Waals surface area contributed by atoms with E-state index in [1.165, 1.54) is 4.90 Å². The molecular formula is C22H33N4O2S+. The molecule has 0 bridgehead atoms. The number of aromatic nitrogens is 1. The van der Waals surface area contributed by atoms with Crippen molar-refractivity contribution in [1.82, 2.24) is 15.2 Å². The van der Waals surface area contributed by atoms with Gasteiger partial charge in [-0.3, -0.25) is 4.79 Å². The molecule has 0 aliphatic carbocycles. The van der Waals surface area contributed by atoms with Crippen molar-refractivity contribution >= 4 is 28.2 Å². The summed E-state index contributed by atoms with van der Waals surface area (Å²) in [6, 6.07) is 8.05. The Morgan fingerprint density at radius 1 is 1.41 bits per heavy atom. The van der Waals surface area contributed by atoms with E-state index in [0.29, 0.717) is 18.2 Å². The molecule has 1 aliphatic rings. The van der Waals surface area contributed by atoms with Crippen LogP contribution in [0.1, 0.15) is 30.4 Å². The first-order chi connectivity index (χ1) is 13.9. The molecular weight excluding hydrogens is 384 g/mol. The lowest BCUT2D eigenvalue weighted by Gasteiger charge is -2.28. The molecule has 29 heavy (non-hydrogen) atoms. The number of H-pyrrole nitrogens is 1. The second kappa shape index (κ2) is 10.2. The highest BCUT2D eigenvalue weighted by atomic mass is 32.1. The van der Waals surface area contributed by atoms with E-state index in [0.717, 1.165) is 61.0 Å². The summed E-state index contributed by atoms with van der Waals surface area (Å²) in [5, 5.41) is 5.11. The number of thiocarbonyl (C=S) groups is 1. The Kier molecular flexibility index (Phi) is 7.64. The van der Waals surface area contributed by atoms with Gasteiger partial charge in [0, 0.05) is 31.7 Å². The monoisotopic (exact) mass is 417 g/mol. The van der Waals surface area contributed by atoms with Crippen molar-refractivity contribution in [3.05, 3.63) is 45.7 Å². The molecule has 0 saturated carbocycles. The molecule has 0 radical (unpaired) electrons. The number of hydrogen-bond acceptors (Lipinski definition) is 3. The molecule has 3 rings (SSSR count). The van der Waals surface area contributed by atoms with Crippen molar-refractivity contribution in [3.63, 3.8) is 0 Å². The number of aryl methyl sites for hydroxylation is 1. The number of fused-ring (bicyclic) bond motifs is 1. The van der Waals surface area contributed by atoms with Gasteiger partial charge in [-0.15, -0.1) is 0 Å². The number of ether oxygens (including phenoxy) is 1. The van der Waals surface area contributed by atoms with Crippen molar-refractivity contribution in [1.29, 1.82) is 0 Å². The van der Waals surface area contributed by atoms with Gasteiger partial charge in [0.05, 0.1) is 38.8 Å². The Hall–Kier alpha value is -1.96. The zero-order valence-corrected chi connectivity index (χ0v) is 18.5. The Morgan fingerprint density at radius 2 is 2.24 bits per heavy atom. The summed E-state index contributed by atoms with van der Waals surface area (Å²) in [6.07, 6.45) is 3.34. The lowest BCUT2D eigenvalue weighted by molar-refractivity contribution is -0.858. The third kappa shape index (κ3) is 6.01. The SMILES string of the molecule is Cc1cccc2cc(CN(C[C@@H]3CCCO3)C(=S)NCCC[NH+](C)C)c(=O)[nH]c12. The van der Waals surface area contributed by atoms with E-state index in [-0.39, 0.29) is 11.7 Å². The van der Waals surface area contributed by atoms with Crippen LogP contribution in [0.4, 0.5) is 0 Å². The van der Waals surface area contributed by atoms with Crippen molar-refractivity contribution < 1.29 is 9.64 Å². The lowest BCUT2D eigenvalue weighted by atomic mass is 10.1. The Morgan fingerprint density at radius 3 is 2.97 bits per heavy atom. The van der Waals surface area contributed by atoms with Crippen LogP contribution >= 0.6 is 12.2 Å². The molecule has 1 aromatic heterocycles. The fourth-order valence-corrected chi connectivity index (χ4v) is 4.00. The normalized spacial score (nSPS) is 16.5. The third-order valence-corrected chi connectivity index (χ3v) is 5.79. The van der Waals surface area contributed by atoms with Gasteiger partial charge in [0.1, 0.15) is 0 Å². The Labute approximate surface area is 178 Å². The smallest absolute Gasteiger partial charge is 0.253 e. The molecule has 3 N–H and O–H groups in total. The lowest BCUT2D eigenvalue weighted by Crippen LogP contribution is -3.05. The summed E-state index contributed by atoms with van der Waals surface area (Å²) in [6.45, 7) is 5.92. The first-order valence-corrected chi connectivity index (χ1v) is 10.9. The van der Waals surface area contributed by atoms with Crippen LogP contribution in [0.3, 0.4) is 0 Å². The number of pyridine rings is 1. The molecule has 1 aromatic carbocycles. The van der Waals surface area contributed by atoms with Crippen molar-refractivity contribution in [3.8, 4) is 0 Å². The number of nitrogens with zero attached hydrogens (tertiary/aromatic N) is 1. The zero-order valence-electron chi connectivity index (χ0n) is 17.7. The maximum absolute atomic E-state index is 12.7. The van der Waals surface area contributed by atoms with E-state index in [9.17, 15) is 4.79 Å². The first-order valence-electron chi connectivity index (χ1n) is 10.5. The first kappa shape index (κ1) is 21.7. The molecule has 2 heterocycles. The minimum absolute atomic E-state index is 0.0526. The molecule has 6 nitrogen and oxygen atoms in total. The predicted molar refractivity (Wildman–Crippen MR) is 122 cm³/mol. The Bertz CT molecular complexity index is 890. The van der Waals surface area contributed by atoms with Gasteiger partial charge < -0.3 is 24.8 Å². The molecule has 1 saturated heterocycles. The molecule has 0 unspecified atom stereocenters. The molecule has 7 heteroatoms. The van der Waals surface area contributed by atoms with Gasteiger partial charge in [-0.05, 0) is 49.0 Å². The van der Waals surface area contributed by atoms with Gasteiger partial charge in [0.15, 0.2) is 5.11 Å². The van der Waals surface area contributed by atoms with Gasteiger partial charge >= 0.3 is 0 Å². The maximum atomic E-state index is 12.7. The number of benzene rings is 1. The quantitative estimate of drug-likeness (QED) is 0.445. The van der Waals surface area contributed by atoms with Gasteiger partial charge in [0.25, 0.3) is 5.56 Å². The van der Waals surface area contributed by atoms with E-state index in [2.05, 4.69) is 29.3 Å². The topological polar surface area (TPSA) is 61.8 Å². The van der Waals surface area contributed by atoms with Crippen molar-refractivity contribution in [2.45, 2.75) is 38.8 Å². The summed E-state index contributed by atoms with van der Waals surface area (Å²) in [7, 11) is 4.30. The van der Waals surface area contributed by atoms with Gasteiger partial charge in [-0.2, -0.15) is 0 Å². The Balaban J connectivity index is 1.75.